The lowest BCUT2D eigenvalue weighted by atomic mass is 10.0. The number of allylic oxidation sites excluding steroid dienone is 2. The van der Waals surface area contributed by atoms with Gasteiger partial charge in [-0.1, -0.05) is 59.8 Å². The average molecular weight is 510 g/mol. The van der Waals surface area contributed by atoms with Crippen LogP contribution in [0, 0.1) is 0 Å². The molecule has 196 valence electrons. The van der Waals surface area contributed by atoms with Crippen LogP contribution < -0.4 is 0 Å². The number of nitrogens with zero attached hydrogens (tertiary/aromatic N) is 1. The number of Topliss-reactive ketones (excluding diaryl/α,β-unsaturated/α-hetero) is 1. The Kier molecular flexibility index (Phi) is 10.3. The Bertz CT molecular complexity index is 756. The van der Waals surface area contributed by atoms with Gasteiger partial charge in [-0.05, 0) is 37.9 Å². The largest absolute Gasteiger partial charge is 0.497 e. The average Bonchev–Trinajstić information content (AvgIpc) is 3.05. The van der Waals surface area contributed by atoms with Crippen molar-refractivity contribution in [3.63, 3.8) is 0 Å². The summed E-state index contributed by atoms with van der Waals surface area (Å²) in [6.07, 6.45) is 6.14. The molecule has 0 aromatic carbocycles. The van der Waals surface area contributed by atoms with Crippen molar-refractivity contribution in [1.82, 2.24) is 4.90 Å². The minimum absolute atomic E-state index is 0.0865. The molecule has 2 rings (SSSR count). The number of rotatable bonds is 11. The highest BCUT2D eigenvalue weighted by Crippen LogP contribution is 2.44. The Morgan fingerprint density at radius 1 is 1.15 bits per heavy atom. The highest BCUT2D eigenvalue weighted by Gasteiger charge is 2.44. The van der Waals surface area contributed by atoms with Gasteiger partial charge >= 0.3 is 0 Å². The summed E-state index contributed by atoms with van der Waals surface area (Å²) >= 11 is 0. The Balaban J connectivity index is 2.44. The molecule has 1 aliphatic heterocycles. The van der Waals surface area contributed by atoms with Gasteiger partial charge < -0.3 is 18.8 Å². The normalized spacial score (nSPS) is 21.9. The third kappa shape index (κ3) is 7.31. The molecule has 1 aliphatic carbocycles. The van der Waals surface area contributed by atoms with Crippen LogP contribution in [-0.2, 0) is 18.7 Å². The van der Waals surface area contributed by atoms with Crippen LogP contribution in [-0.4, -0.2) is 66.1 Å². The Hall–Kier alpha value is -0.896. The zero-order valence-corrected chi connectivity index (χ0v) is 25.7. The van der Waals surface area contributed by atoms with Crippen LogP contribution in [0.2, 0.25) is 43.3 Å². The van der Waals surface area contributed by atoms with E-state index in [0.29, 0.717) is 19.8 Å². The summed E-state index contributed by atoms with van der Waals surface area (Å²) in [5.41, 5.74) is 1.97. The van der Waals surface area contributed by atoms with Gasteiger partial charge in [0.25, 0.3) is 0 Å². The maximum atomic E-state index is 13.8. The molecule has 1 unspecified atom stereocenters. The molecule has 5 nitrogen and oxygen atoms in total. The summed E-state index contributed by atoms with van der Waals surface area (Å²) < 4.78 is 18.6. The van der Waals surface area contributed by atoms with E-state index < -0.39 is 16.4 Å². The van der Waals surface area contributed by atoms with Crippen molar-refractivity contribution < 1.29 is 18.7 Å². The van der Waals surface area contributed by atoms with Crippen molar-refractivity contribution in [2.45, 2.75) is 110 Å². The summed E-state index contributed by atoms with van der Waals surface area (Å²) in [6, 6.07) is 0. The molecule has 1 heterocycles. The standard InChI is InChI=1S/C27H51NO4Si2/c1-11-13-21(32-34(9,10)27(3,4)5)14-15-22(28-16-18-30-19-17-28)25-23(31-12-2)20-24(26(25)29)33(6,7)8/h15,21,24H,11-14,16-20H2,1-10H3/b22-15-/t21-,24?/m0/s1. The number of ketones is 1. The Morgan fingerprint density at radius 3 is 2.26 bits per heavy atom. The number of morpholine rings is 1. The van der Waals surface area contributed by atoms with Crippen LogP contribution in [0.4, 0.5) is 0 Å². The van der Waals surface area contributed by atoms with Gasteiger partial charge in [0, 0.05) is 36.9 Å². The fourth-order valence-corrected chi connectivity index (χ4v) is 7.67. The van der Waals surface area contributed by atoms with Crippen molar-refractivity contribution in [3.8, 4) is 0 Å². The SMILES string of the molecule is CCC[C@@H](C/C=C(/C1=C(OCC)CC([Si](C)(C)C)C1=O)N1CCOCC1)O[Si](C)(C)C(C)(C)C. The van der Waals surface area contributed by atoms with Crippen molar-refractivity contribution in [2.24, 2.45) is 0 Å². The number of hydrogen-bond acceptors (Lipinski definition) is 5. The van der Waals surface area contributed by atoms with Crippen molar-refractivity contribution in [2.75, 3.05) is 32.9 Å². The molecule has 0 bridgehead atoms. The molecule has 1 fully saturated rings. The first-order valence-electron chi connectivity index (χ1n) is 13.3. The van der Waals surface area contributed by atoms with Crippen molar-refractivity contribution >= 4 is 22.2 Å². The Labute approximate surface area is 211 Å². The topological polar surface area (TPSA) is 48.0 Å². The van der Waals surface area contributed by atoms with Gasteiger partial charge in [0.15, 0.2) is 14.1 Å². The van der Waals surface area contributed by atoms with Crippen molar-refractivity contribution in [1.29, 1.82) is 0 Å². The van der Waals surface area contributed by atoms with Crippen molar-refractivity contribution in [3.05, 3.63) is 23.1 Å². The minimum atomic E-state index is -1.88. The predicted octanol–water partition coefficient (Wildman–Crippen LogP) is 6.75. The third-order valence-electron chi connectivity index (χ3n) is 7.66. The van der Waals surface area contributed by atoms with Gasteiger partial charge in [-0.15, -0.1) is 0 Å². The molecule has 0 radical (unpaired) electrons. The van der Waals surface area contributed by atoms with E-state index in [4.69, 9.17) is 13.9 Å². The lowest BCUT2D eigenvalue weighted by molar-refractivity contribution is -0.115. The fourth-order valence-electron chi connectivity index (χ4n) is 4.54. The minimum Gasteiger partial charge on any atom is -0.497 e. The van der Waals surface area contributed by atoms with E-state index in [-0.39, 0.29) is 22.5 Å². The zero-order valence-electron chi connectivity index (χ0n) is 23.7. The molecular formula is C27H51NO4Si2. The van der Waals surface area contributed by atoms with Crippen LogP contribution in [0.25, 0.3) is 0 Å². The van der Waals surface area contributed by atoms with E-state index in [1.807, 2.05) is 6.92 Å². The predicted molar refractivity (Wildman–Crippen MR) is 147 cm³/mol. The van der Waals surface area contributed by atoms with E-state index in [1.165, 1.54) is 0 Å². The van der Waals surface area contributed by atoms with Crippen LogP contribution in [0.3, 0.4) is 0 Å². The number of ether oxygens (including phenoxy) is 2. The summed E-state index contributed by atoms with van der Waals surface area (Å²) in [5, 5.41) is 0.173. The molecule has 0 saturated carbocycles. The molecule has 34 heavy (non-hydrogen) atoms. The first-order valence-corrected chi connectivity index (χ1v) is 19.8. The van der Waals surface area contributed by atoms with E-state index in [1.54, 1.807) is 0 Å². The van der Waals surface area contributed by atoms with Crippen LogP contribution in [0.5, 0.6) is 0 Å². The van der Waals surface area contributed by atoms with Crippen LogP contribution in [0.1, 0.15) is 60.3 Å². The molecule has 0 amide bonds. The maximum absolute atomic E-state index is 13.8. The van der Waals surface area contributed by atoms with Gasteiger partial charge in [-0.25, -0.2) is 0 Å². The van der Waals surface area contributed by atoms with Crippen LogP contribution >= 0.6 is 0 Å². The highest BCUT2D eigenvalue weighted by atomic mass is 28.4. The van der Waals surface area contributed by atoms with E-state index >= 15 is 0 Å². The fraction of sp³-hybridized carbons (Fsp3) is 0.815. The number of carbonyl (C=O) groups is 1. The molecule has 7 heteroatoms. The van der Waals surface area contributed by atoms with E-state index in [2.05, 4.69) is 71.4 Å². The lowest BCUT2D eigenvalue weighted by Gasteiger charge is -2.39. The highest BCUT2D eigenvalue weighted by molar-refractivity contribution is 6.81. The van der Waals surface area contributed by atoms with Gasteiger partial charge in [0.05, 0.1) is 33.5 Å². The second kappa shape index (κ2) is 11.9. The molecule has 2 atom stereocenters. The number of hydrogen-bond donors (Lipinski definition) is 0. The van der Waals surface area contributed by atoms with E-state index in [9.17, 15) is 4.79 Å². The molecule has 1 saturated heterocycles. The van der Waals surface area contributed by atoms with Gasteiger partial charge in [-0.2, -0.15) is 0 Å². The molecule has 2 aliphatic rings. The first kappa shape index (κ1) is 29.3. The smallest absolute Gasteiger partial charge is 0.192 e. The van der Waals surface area contributed by atoms with Crippen LogP contribution in [0.15, 0.2) is 23.1 Å². The lowest BCUT2D eigenvalue weighted by Crippen LogP contribution is -2.44. The summed E-state index contributed by atoms with van der Waals surface area (Å²) in [4.78, 5) is 16.2. The summed E-state index contributed by atoms with van der Waals surface area (Å²) in [7, 11) is -3.55. The molecule has 0 N–H and O–H groups in total. The van der Waals surface area contributed by atoms with Gasteiger partial charge in [0.1, 0.15) is 5.76 Å². The molecule has 0 aromatic rings. The molecular weight excluding hydrogens is 458 g/mol. The molecule has 0 spiro atoms. The monoisotopic (exact) mass is 509 g/mol. The molecule has 0 aromatic heterocycles. The second-order valence-corrected chi connectivity index (χ2v) is 22.6. The number of carbonyl (C=O) groups excluding carboxylic acids is 1. The summed E-state index contributed by atoms with van der Waals surface area (Å²) in [6.45, 7) is 26.3. The Morgan fingerprint density at radius 2 is 1.76 bits per heavy atom. The maximum Gasteiger partial charge on any atom is 0.192 e. The quantitative estimate of drug-likeness (QED) is 0.288. The summed E-state index contributed by atoms with van der Waals surface area (Å²) in [5.74, 6) is 1.19. The third-order valence-corrected chi connectivity index (χ3v) is 14.7. The van der Waals surface area contributed by atoms with E-state index in [0.717, 1.165) is 55.8 Å². The van der Waals surface area contributed by atoms with Gasteiger partial charge in [-0.3, -0.25) is 4.79 Å². The zero-order chi connectivity index (χ0) is 25.7. The first-order chi connectivity index (χ1) is 15.7. The second-order valence-electron chi connectivity index (χ2n) is 12.4. The van der Waals surface area contributed by atoms with Gasteiger partial charge in [0.2, 0.25) is 0 Å².